The topological polar surface area (TPSA) is 147 Å². The number of benzene rings is 3. The summed E-state index contributed by atoms with van der Waals surface area (Å²) in [6.07, 6.45) is 0. The van der Waals surface area contributed by atoms with Crippen LogP contribution in [0.25, 0.3) is 0 Å². The molecule has 0 spiro atoms. The molecule has 0 heterocycles. The minimum Gasteiger partial charge on any atom is -0.497 e. The third kappa shape index (κ3) is 6.61. The molecule has 0 saturated heterocycles. The van der Waals surface area contributed by atoms with Gasteiger partial charge in [-0.15, -0.1) is 0 Å². The van der Waals surface area contributed by atoms with Crippen molar-refractivity contribution in [1.29, 1.82) is 0 Å². The molecule has 0 unspecified atom stereocenters. The molecule has 0 bridgehead atoms. The van der Waals surface area contributed by atoms with Crippen LogP contribution in [0.3, 0.4) is 0 Å². The fraction of sp³-hybridized carbons (Fsp3) is 0.222. The van der Waals surface area contributed by atoms with Gasteiger partial charge in [-0.3, -0.25) is 9.10 Å². The molecular formula is C27H28N2O10S. The highest BCUT2D eigenvalue weighted by atomic mass is 32.2. The van der Waals surface area contributed by atoms with Crippen molar-refractivity contribution in [1.82, 2.24) is 0 Å². The van der Waals surface area contributed by atoms with Crippen molar-refractivity contribution >= 4 is 39.2 Å². The van der Waals surface area contributed by atoms with E-state index in [2.05, 4.69) is 5.32 Å². The fourth-order valence-electron chi connectivity index (χ4n) is 3.67. The van der Waals surface area contributed by atoms with Gasteiger partial charge in [-0.05, 0) is 54.6 Å². The number of anilines is 2. The predicted molar refractivity (Wildman–Crippen MR) is 145 cm³/mol. The van der Waals surface area contributed by atoms with E-state index in [0.29, 0.717) is 11.5 Å². The van der Waals surface area contributed by atoms with Crippen LogP contribution in [0.15, 0.2) is 65.6 Å². The molecule has 0 aliphatic carbocycles. The van der Waals surface area contributed by atoms with Crippen LogP contribution in [0.4, 0.5) is 11.4 Å². The monoisotopic (exact) mass is 572 g/mol. The summed E-state index contributed by atoms with van der Waals surface area (Å²) in [5.41, 5.74) is 0.173. The Morgan fingerprint density at radius 1 is 0.725 bits per heavy atom. The number of nitrogens with one attached hydrogen (secondary N) is 1. The Balaban J connectivity index is 2.02. The Morgan fingerprint density at radius 2 is 1.30 bits per heavy atom. The van der Waals surface area contributed by atoms with E-state index in [1.54, 1.807) is 12.1 Å². The highest BCUT2D eigenvalue weighted by Crippen LogP contribution is 2.32. The summed E-state index contributed by atoms with van der Waals surface area (Å²) in [7, 11) is 2.26. The first-order valence-electron chi connectivity index (χ1n) is 11.6. The molecule has 0 atom stereocenters. The van der Waals surface area contributed by atoms with Gasteiger partial charge in [0.05, 0.1) is 57.3 Å². The summed E-state index contributed by atoms with van der Waals surface area (Å²) in [5, 5.41) is 2.54. The van der Waals surface area contributed by atoms with Crippen LogP contribution in [-0.4, -0.2) is 68.4 Å². The van der Waals surface area contributed by atoms with E-state index in [1.165, 1.54) is 69.9 Å². The molecule has 0 aliphatic heterocycles. The molecule has 0 fully saturated rings. The summed E-state index contributed by atoms with van der Waals surface area (Å²) in [6, 6.07) is 13.9. The third-order valence-corrected chi connectivity index (χ3v) is 7.42. The summed E-state index contributed by atoms with van der Waals surface area (Å²) in [5.74, 6) is -1.29. The standard InChI is InChI=1S/C27H28N2O10S/c1-35-21-8-6-20(7-9-21)29(40(33,34)22-10-11-23(36-2)24(15-22)37-3)16-25(30)28-19-13-17(26(31)38-4)12-18(14-19)27(32)39-5/h6-15H,16H2,1-5H3,(H,28,30). The molecule has 1 amide bonds. The highest BCUT2D eigenvalue weighted by molar-refractivity contribution is 7.92. The number of carbonyl (C=O) groups excluding carboxylic acids is 3. The van der Waals surface area contributed by atoms with Crippen LogP contribution >= 0.6 is 0 Å². The van der Waals surface area contributed by atoms with Crippen LogP contribution in [0.5, 0.6) is 17.2 Å². The maximum Gasteiger partial charge on any atom is 0.337 e. The van der Waals surface area contributed by atoms with Gasteiger partial charge in [0.2, 0.25) is 5.91 Å². The van der Waals surface area contributed by atoms with Crippen molar-refractivity contribution in [3.05, 3.63) is 71.8 Å². The normalized spacial score (nSPS) is 10.7. The first kappa shape index (κ1) is 29.8. The maximum absolute atomic E-state index is 13.8. The molecule has 0 saturated carbocycles. The second-order valence-corrected chi connectivity index (χ2v) is 9.92. The lowest BCUT2D eigenvalue weighted by atomic mass is 10.1. The number of hydrogen-bond donors (Lipinski definition) is 1. The van der Waals surface area contributed by atoms with Crippen molar-refractivity contribution < 1.29 is 46.5 Å². The summed E-state index contributed by atoms with van der Waals surface area (Å²) in [6.45, 7) is -0.668. The molecule has 0 aliphatic rings. The molecule has 3 aromatic carbocycles. The fourth-order valence-corrected chi connectivity index (χ4v) is 5.11. The Hall–Kier alpha value is -4.78. The van der Waals surface area contributed by atoms with Crippen molar-refractivity contribution in [2.45, 2.75) is 4.90 Å². The lowest BCUT2D eigenvalue weighted by Gasteiger charge is -2.25. The first-order valence-corrected chi connectivity index (χ1v) is 13.0. The Morgan fingerprint density at radius 3 is 1.80 bits per heavy atom. The van der Waals surface area contributed by atoms with E-state index in [-0.39, 0.29) is 33.1 Å². The Bertz CT molecular complexity index is 1470. The Labute approximate surface area is 231 Å². The number of rotatable bonds is 11. The van der Waals surface area contributed by atoms with Gasteiger partial charge in [-0.1, -0.05) is 0 Å². The van der Waals surface area contributed by atoms with E-state index in [0.717, 1.165) is 18.5 Å². The minimum atomic E-state index is -4.32. The number of ether oxygens (including phenoxy) is 5. The summed E-state index contributed by atoms with van der Waals surface area (Å²) in [4.78, 5) is 37.3. The summed E-state index contributed by atoms with van der Waals surface area (Å²) < 4.78 is 53.5. The smallest absolute Gasteiger partial charge is 0.337 e. The minimum absolute atomic E-state index is 0.0225. The van der Waals surface area contributed by atoms with Crippen molar-refractivity contribution in [2.75, 3.05) is 51.7 Å². The van der Waals surface area contributed by atoms with Crippen LogP contribution in [-0.2, 0) is 24.3 Å². The molecule has 0 aromatic heterocycles. The van der Waals surface area contributed by atoms with Gasteiger partial charge in [0.15, 0.2) is 11.5 Å². The average molecular weight is 573 g/mol. The van der Waals surface area contributed by atoms with Crippen LogP contribution in [0, 0.1) is 0 Å². The van der Waals surface area contributed by atoms with Crippen LogP contribution in [0.2, 0.25) is 0 Å². The second kappa shape index (κ2) is 12.8. The predicted octanol–water partition coefficient (Wildman–Crippen LogP) is 3.12. The maximum atomic E-state index is 13.8. The van der Waals surface area contributed by atoms with Gasteiger partial charge in [-0.25, -0.2) is 18.0 Å². The highest BCUT2D eigenvalue weighted by Gasteiger charge is 2.29. The molecule has 12 nitrogen and oxygen atoms in total. The zero-order valence-electron chi connectivity index (χ0n) is 22.4. The molecule has 0 radical (unpaired) electrons. The molecular weight excluding hydrogens is 544 g/mol. The molecule has 13 heteroatoms. The number of methoxy groups -OCH3 is 5. The van der Waals surface area contributed by atoms with Crippen LogP contribution < -0.4 is 23.8 Å². The van der Waals surface area contributed by atoms with Crippen molar-refractivity contribution in [3.63, 3.8) is 0 Å². The third-order valence-electron chi connectivity index (χ3n) is 5.65. The van der Waals surface area contributed by atoms with E-state index < -0.39 is 34.4 Å². The van der Waals surface area contributed by atoms with Gasteiger partial charge < -0.3 is 29.0 Å². The number of amides is 1. The molecule has 1 N–H and O–H groups in total. The number of esters is 2. The van der Waals surface area contributed by atoms with Gasteiger partial charge >= 0.3 is 11.9 Å². The summed E-state index contributed by atoms with van der Waals surface area (Å²) >= 11 is 0. The first-order chi connectivity index (χ1) is 19.1. The van der Waals surface area contributed by atoms with Crippen molar-refractivity contribution in [3.8, 4) is 17.2 Å². The number of hydrogen-bond acceptors (Lipinski definition) is 10. The largest absolute Gasteiger partial charge is 0.497 e. The van der Waals surface area contributed by atoms with E-state index in [1.807, 2.05) is 0 Å². The molecule has 3 aromatic rings. The molecule has 212 valence electrons. The van der Waals surface area contributed by atoms with Gasteiger partial charge in [0.25, 0.3) is 10.0 Å². The van der Waals surface area contributed by atoms with E-state index in [4.69, 9.17) is 23.7 Å². The van der Waals surface area contributed by atoms with Crippen molar-refractivity contribution in [2.24, 2.45) is 0 Å². The van der Waals surface area contributed by atoms with E-state index in [9.17, 15) is 22.8 Å². The average Bonchev–Trinajstić information content (AvgIpc) is 2.98. The zero-order valence-corrected chi connectivity index (χ0v) is 23.2. The van der Waals surface area contributed by atoms with E-state index >= 15 is 0 Å². The number of carbonyl (C=O) groups is 3. The van der Waals surface area contributed by atoms with Gasteiger partial charge in [0.1, 0.15) is 12.3 Å². The van der Waals surface area contributed by atoms with Gasteiger partial charge in [0, 0.05) is 11.8 Å². The lowest BCUT2D eigenvalue weighted by molar-refractivity contribution is -0.114. The van der Waals surface area contributed by atoms with Gasteiger partial charge in [-0.2, -0.15) is 0 Å². The quantitative estimate of drug-likeness (QED) is 0.340. The number of nitrogens with zero attached hydrogens (tertiary/aromatic N) is 1. The molecule has 3 rings (SSSR count). The molecule has 40 heavy (non-hydrogen) atoms. The SMILES string of the molecule is COC(=O)c1cc(NC(=O)CN(c2ccc(OC)cc2)S(=O)(=O)c2ccc(OC)c(OC)c2)cc(C(=O)OC)c1. The van der Waals surface area contributed by atoms with Crippen LogP contribution in [0.1, 0.15) is 20.7 Å². The Kier molecular flexibility index (Phi) is 9.56. The number of sulfonamides is 1. The zero-order chi connectivity index (χ0) is 29.4. The second-order valence-electron chi connectivity index (χ2n) is 8.06. The lowest BCUT2D eigenvalue weighted by Crippen LogP contribution is -2.38.